The quantitative estimate of drug-likeness (QED) is 0.483. The maximum Gasteiger partial charge on any atom is 0.218 e. The number of halogens is 1. The number of aromatic nitrogens is 1. The first-order valence-corrected chi connectivity index (χ1v) is 11.7. The molecule has 4 rings (SSSR count). The molecule has 7 nitrogen and oxygen atoms in total. The van der Waals surface area contributed by atoms with Crippen molar-refractivity contribution in [2.75, 3.05) is 43.5 Å². The molecule has 0 atom stereocenters. The summed E-state index contributed by atoms with van der Waals surface area (Å²) in [6, 6.07) is 10.3. The summed E-state index contributed by atoms with van der Waals surface area (Å²) in [5.41, 5.74) is 5.47. The molecule has 0 spiro atoms. The Morgan fingerprint density at radius 2 is 1.78 bits per heavy atom. The minimum Gasteiger partial charge on any atom is -0.507 e. The Hall–Kier alpha value is -4.20. The summed E-state index contributed by atoms with van der Waals surface area (Å²) in [5, 5.41) is 11.3. The first-order valence-electron chi connectivity index (χ1n) is 11.7. The highest BCUT2D eigenvalue weighted by Gasteiger charge is 2.18. The van der Waals surface area contributed by atoms with E-state index in [4.69, 9.17) is 0 Å². The van der Waals surface area contributed by atoms with E-state index >= 15 is 4.39 Å². The van der Waals surface area contributed by atoms with Crippen molar-refractivity contribution in [2.45, 2.75) is 13.8 Å². The van der Waals surface area contributed by atoms with Crippen LogP contribution in [0.1, 0.15) is 12.5 Å². The number of aryl methyl sites for hydroxylation is 1. The van der Waals surface area contributed by atoms with Gasteiger partial charge < -0.3 is 14.9 Å². The van der Waals surface area contributed by atoms with Crippen molar-refractivity contribution in [3.05, 3.63) is 72.6 Å². The van der Waals surface area contributed by atoms with Crippen LogP contribution in [0, 0.1) is 12.7 Å². The van der Waals surface area contributed by atoms with E-state index in [1.807, 2.05) is 52.3 Å². The van der Waals surface area contributed by atoms with E-state index in [1.54, 1.807) is 23.4 Å². The lowest BCUT2D eigenvalue weighted by Crippen LogP contribution is -2.35. The van der Waals surface area contributed by atoms with Crippen molar-refractivity contribution in [1.29, 1.82) is 0 Å². The number of phenols is 1. The van der Waals surface area contributed by atoms with Crippen molar-refractivity contribution in [3.8, 4) is 28.0 Å². The SMILES string of the molecule is CC1=NCCN(c2cncc(-c3cc(C)cc(-c4ccc(N(C=O)/C=C\N(C)C)c(F)c4)c3O)c2)C1. The number of carbonyl (C=O) groups is 1. The molecule has 0 aliphatic carbocycles. The van der Waals surface area contributed by atoms with Gasteiger partial charge in [-0.05, 0) is 55.3 Å². The zero-order chi connectivity index (χ0) is 25.8. The van der Waals surface area contributed by atoms with Gasteiger partial charge in [-0.3, -0.25) is 19.7 Å². The van der Waals surface area contributed by atoms with Gasteiger partial charge in [0.1, 0.15) is 11.6 Å². The molecule has 3 aromatic rings. The summed E-state index contributed by atoms with van der Waals surface area (Å²) in [4.78, 5) is 25.5. The number of rotatable bonds is 7. The Morgan fingerprint density at radius 1 is 1.03 bits per heavy atom. The van der Waals surface area contributed by atoms with Crippen molar-refractivity contribution in [2.24, 2.45) is 4.99 Å². The topological polar surface area (TPSA) is 72.3 Å². The molecule has 0 bridgehead atoms. The number of benzene rings is 2. The highest BCUT2D eigenvalue weighted by molar-refractivity contribution is 5.88. The number of hydrogen-bond donors (Lipinski definition) is 1. The maximum absolute atomic E-state index is 15.1. The molecule has 2 heterocycles. The van der Waals surface area contributed by atoms with Gasteiger partial charge in [-0.15, -0.1) is 0 Å². The van der Waals surface area contributed by atoms with E-state index < -0.39 is 5.82 Å². The Bertz CT molecular complexity index is 1340. The van der Waals surface area contributed by atoms with Gasteiger partial charge in [0.2, 0.25) is 6.41 Å². The second-order valence-corrected chi connectivity index (χ2v) is 9.12. The van der Waals surface area contributed by atoms with Crippen molar-refractivity contribution < 1.29 is 14.3 Å². The molecule has 2 aromatic carbocycles. The normalized spacial score (nSPS) is 13.6. The number of hydrogen-bond acceptors (Lipinski definition) is 6. The molecular formula is C28H30FN5O2. The number of phenolic OH excluding ortho intramolecular Hbond substituents is 1. The van der Waals surface area contributed by atoms with Gasteiger partial charge in [0.25, 0.3) is 0 Å². The summed E-state index contributed by atoms with van der Waals surface area (Å²) in [6.07, 6.45) is 7.22. The highest BCUT2D eigenvalue weighted by atomic mass is 19.1. The number of nitrogens with zero attached hydrogens (tertiary/aromatic N) is 5. The summed E-state index contributed by atoms with van der Waals surface area (Å²) < 4.78 is 15.1. The van der Waals surface area contributed by atoms with Crippen LogP contribution in [0.4, 0.5) is 15.8 Å². The Balaban J connectivity index is 1.71. The number of amides is 1. The first kappa shape index (κ1) is 24.9. The molecule has 0 saturated heterocycles. The minimum absolute atomic E-state index is 0.0443. The molecule has 1 amide bonds. The summed E-state index contributed by atoms with van der Waals surface area (Å²) in [6.45, 7) is 6.23. The van der Waals surface area contributed by atoms with Gasteiger partial charge in [-0.2, -0.15) is 0 Å². The second-order valence-electron chi connectivity index (χ2n) is 9.12. The fourth-order valence-electron chi connectivity index (χ4n) is 4.22. The molecule has 8 heteroatoms. The standard InChI is InChI=1S/C28H30FN5O2/c1-19-11-24(21-5-6-27(26(29)14-21)34(18-35)10-9-32(3)4)28(36)25(12-19)22-13-23(16-30-15-22)33-8-7-31-20(2)17-33/h5-6,9-16,18,36H,7-8,17H2,1-4H3/b10-9-. The number of anilines is 2. The van der Waals surface area contributed by atoms with Gasteiger partial charge >= 0.3 is 0 Å². The molecule has 1 aromatic heterocycles. The summed E-state index contributed by atoms with van der Waals surface area (Å²) in [5.74, 6) is -0.529. The van der Waals surface area contributed by atoms with Crippen LogP contribution in [0.3, 0.4) is 0 Å². The largest absolute Gasteiger partial charge is 0.507 e. The smallest absolute Gasteiger partial charge is 0.218 e. The molecule has 0 saturated carbocycles. The lowest BCUT2D eigenvalue weighted by molar-refractivity contribution is -0.107. The zero-order valence-electron chi connectivity index (χ0n) is 20.9. The predicted molar refractivity (Wildman–Crippen MR) is 143 cm³/mol. The lowest BCUT2D eigenvalue weighted by Gasteiger charge is -2.27. The van der Waals surface area contributed by atoms with Crippen LogP contribution in [0.15, 0.2) is 66.2 Å². The third kappa shape index (κ3) is 5.38. The molecule has 1 N–H and O–H groups in total. The number of carbonyl (C=O) groups excluding carboxylic acids is 1. The second kappa shape index (κ2) is 10.6. The first-order chi connectivity index (χ1) is 17.3. The molecule has 1 aliphatic heterocycles. The van der Waals surface area contributed by atoms with Gasteiger partial charge in [0.05, 0.1) is 30.7 Å². The summed E-state index contributed by atoms with van der Waals surface area (Å²) in [7, 11) is 3.62. The molecule has 36 heavy (non-hydrogen) atoms. The average Bonchev–Trinajstić information content (AvgIpc) is 2.86. The van der Waals surface area contributed by atoms with E-state index in [2.05, 4.69) is 14.9 Å². The molecule has 1 aliphatic rings. The third-order valence-corrected chi connectivity index (χ3v) is 6.00. The fourth-order valence-corrected chi connectivity index (χ4v) is 4.22. The van der Waals surface area contributed by atoms with E-state index in [9.17, 15) is 9.90 Å². The molecule has 0 unspecified atom stereocenters. The van der Waals surface area contributed by atoms with Crippen molar-refractivity contribution in [3.63, 3.8) is 0 Å². The van der Waals surface area contributed by atoms with Crippen LogP contribution < -0.4 is 9.80 Å². The Morgan fingerprint density at radius 3 is 2.44 bits per heavy atom. The predicted octanol–water partition coefficient (Wildman–Crippen LogP) is 4.85. The van der Waals surface area contributed by atoms with Crippen molar-refractivity contribution >= 4 is 23.5 Å². The Labute approximate surface area is 210 Å². The van der Waals surface area contributed by atoms with Crippen molar-refractivity contribution in [1.82, 2.24) is 9.88 Å². The number of aromatic hydroxyl groups is 1. The van der Waals surface area contributed by atoms with Gasteiger partial charge in [-0.25, -0.2) is 4.39 Å². The van der Waals surface area contributed by atoms with Gasteiger partial charge in [-0.1, -0.05) is 6.07 Å². The van der Waals surface area contributed by atoms with Gasteiger partial charge in [0, 0.05) is 61.6 Å². The third-order valence-electron chi connectivity index (χ3n) is 6.00. The van der Waals surface area contributed by atoms with E-state index in [-0.39, 0.29) is 11.4 Å². The number of aliphatic imine (C=N–C) groups is 1. The molecule has 0 radical (unpaired) electrons. The molecule has 0 fully saturated rings. The fraction of sp³-hybridized carbons (Fsp3) is 0.250. The molecule has 186 valence electrons. The number of pyridine rings is 1. The van der Waals surface area contributed by atoms with E-state index in [1.165, 1.54) is 23.2 Å². The highest BCUT2D eigenvalue weighted by Crippen LogP contribution is 2.40. The Kier molecular flexibility index (Phi) is 7.33. The monoisotopic (exact) mass is 487 g/mol. The van der Waals surface area contributed by atoms with Crippen LogP contribution in [0.5, 0.6) is 5.75 Å². The van der Waals surface area contributed by atoms with Crippen LogP contribution in [0.2, 0.25) is 0 Å². The van der Waals surface area contributed by atoms with Crippen LogP contribution in [0.25, 0.3) is 22.3 Å². The van der Waals surface area contributed by atoms with Gasteiger partial charge in [0.15, 0.2) is 0 Å². The summed E-state index contributed by atoms with van der Waals surface area (Å²) >= 11 is 0. The van der Waals surface area contributed by atoms with E-state index in [0.717, 1.165) is 42.2 Å². The average molecular weight is 488 g/mol. The lowest BCUT2D eigenvalue weighted by atomic mass is 9.95. The molecular weight excluding hydrogens is 457 g/mol. The van der Waals surface area contributed by atoms with Crippen LogP contribution in [-0.2, 0) is 4.79 Å². The minimum atomic E-state index is -0.573. The zero-order valence-corrected chi connectivity index (χ0v) is 20.9. The van der Waals surface area contributed by atoms with Crippen LogP contribution >= 0.6 is 0 Å². The maximum atomic E-state index is 15.1. The van der Waals surface area contributed by atoms with Crippen LogP contribution in [-0.4, -0.2) is 60.8 Å². The van der Waals surface area contributed by atoms with E-state index in [0.29, 0.717) is 23.1 Å².